The summed E-state index contributed by atoms with van der Waals surface area (Å²) < 4.78 is 22.8. The van der Waals surface area contributed by atoms with Crippen LogP contribution in [0.15, 0.2) is 36.4 Å². The maximum atomic E-state index is 12.4. The Morgan fingerprint density at radius 3 is 2.92 bits per heavy atom. The highest BCUT2D eigenvalue weighted by Crippen LogP contribution is 2.40. The van der Waals surface area contributed by atoms with Crippen LogP contribution in [0.1, 0.15) is 15.4 Å². The molecule has 0 saturated carbocycles. The van der Waals surface area contributed by atoms with Gasteiger partial charge < -0.3 is 18.9 Å². The molecule has 4 rings (SSSR count). The molecular weight excluding hydrogens is 342 g/mol. The van der Waals surface area contributed by atoms with Crippen LogP contribution in [0.25, 0.3) is 10.2 Å². The van der Waals surface area contributed by atoms with E-state index < -0.39 is 5.97 Å². The minimum atomic E-state index is -0.463. The van der Waals surface area contributed by atoms with Gasteiger partial charge in [-0.1, -0.05) is 12.1 Å². The zero-order valence-corrected chi connectivity index (χ0v) is 14.3. The van der Waals surface area contributed by atoms with Gasteiger partial charge in [-0.3, -0.25) is 0 Å². The number of rotatable bonds is 4. The molecule has 6 nitrogen and oxygen atoms in total. The van der Waals surface area contributed by atoms with Crippen LogP contribution in [0.2, 0.25) is 0 Å². The van der Waals surface area contributed by atoms with E-state index in [2.05, 4.69) is 4.98 Å². The van der Waals surface area contributed by atoms with Crippen LogP contribution in [0.5, 0.6) is 17.2 Å². The fourth-order valence-electron chi connectivity index (χ4n) is 2.58. The van der Waals surface area contributed by atoms with Crippen LogP contribution in [-0.4, -0.2) is 31.3 Å². The molecule has 0 amide bonds. The molecule has 3 aromatic rings. The van der Waals surface area contributed by atoms with Gasteiger partial charge in [-0.25, -0.2) is 9.78 Å². The number of carbonyl (C=O) groups is 1. The third kappa shape index (κ3) is 3.10. The number of thiazole rings is 1. The Bertz CT molecular complexity index is 886. The largest absolute Gasteiger partial charge is 0.493 e. The fraction of sp³-hybridized carbons (Fsp3) is 0.222. The van der Waals surface area contributed by atoms with E-state index in [0.717, 1.165) is 15.2 Å². The van der Waals surface area contributed by atoms with Crippen LogP contribution in [-0.2, 0) is 11.3 Å². The molecule has 0 aliphatic carbocycles. The van der Waals surface area contributed by atoms with E-state index in [1.54, 1.807) is 12.1 Å². The minimum Gasteiger partial charge on any atom is -0.493 e. The van der Waals surface area contributed by atoms with Crippen LogP contribution in [0.3, 0.4) is 0 Å². The normalized spacial score (nSPS) is 12.8. The summed E-state index contributed by atoms with van der Waals surface area (Å²) in [6.45, 7) is 1.00. The Morgan fingerprint density at radius 2 is 2.08 bits per heavy atom. The predicted octanol–water partition coefficient (Wildman–Crippen LogP) is 3.43. The lowest BCUT2D eigenvalue weighted by Gasteiger charge is -2.21. The van der Waals surface area contributed by atoms with Gasteiger partial charge in [0.05, 0.1) is 22.9 Å². The Morgan fingerprint density at radius 1 is 1.24 bits per heavy atom. The van der Waals surface area contributed by atoms with E-state index in [1.807, 2.05) is 24.3 Å². The second-order valence-corrected chi connectivity index (χ2v) is 6.47. The van der Waals surface area contributed by atoms with Crippen LogP contribution in [0.4, 0.5) is 0 Å². The second kappa shape index (κ2) is 6.60. The Hall–Kier alpha value is -2.80. The molecule has 0 saturated heterocycles. The third-order valence-electron chi connectivity index (χ3n) is 3.73. The maximum Gasteiger partial charge on any atom is 0.338 e. The quantitative estimate of drug-likeness (QED) is 0.667. The van der Waals surface area contributed by atoms with E-state index in [9.17, 15) is 4.79 Å². The van der Waals surface area contributed by atoms with Crippen LogP contribution >= 0.6 is 11.3 Å². The van der Waals surface area contributed by atoms with Crippen molar-refractivity contribution < 1.29 is 23.7 Å². The number of hydrogen-bond donors (Lipinski definition) is 0. The molecule has 0 fully saturated rings. The molecule has 1 aromatic heterocycles. The van der Waals surface area contributed by atoms with Crippen molar-refractivity contribution >= 4 is 27.5 Å². The standard InChI is InChI=1S/C18H15NO5S/c1-21-13-8-11(9-14-17(13)23-7-6-22-14)18(20)24-10-16-19-12-4-2-3-5-15(12)25-16/h2-5,8-9H,6-7,10H2,1H3. The number of ether oxygens (including phenoxy) is 4. The first-order valence-electron chi connectivity index (χ1n) is 7.74. The highest BCUT2D eigenvalue weighted by atomic mass is 32.1. The molecule has 7 heteroatoms. The number of esters is 1. The van der Waals surface area contributed by atoms with Gasteiger partial charge in [0, 0.05) is 0 Å². The topological polar surface area (TPSA) is 66.9 Å². The molecule has 0 bridgehead atoms. The van der Waals surface area contributed by atoms with E-state index in [1.165, 1.54) is 18.4 Å². The van der Waals surface area contributed by atoms with Crippen molar-refractivity contribution in [2.75, 3.05) is 20.3 Å². The molecule has 25 heavy (non-hydrogen) atoms. The minimum absolute atomic E-state index is 0.120. The zero-order chi connectivity index (χ0) is 17.2. The molecule has 1 aliphatic heterocycles. The lowest BCUT2D eigenvalue weighted by atomic mass is 10.1. The van der Waals surface area contributed by atoms with Gasteiger partial charge in [-0.15, -0.1) is 11.3 Å². The number of fused-ring (bicyclic) bond motifs is 2. The van der Waals surface area contributed by atoms with Gasteiger partial charge >= 0.3 is 5.97 Å². The average Bonchev–Trinajstić information content (AvgIpc) is 3.08. The number of hydrogen-bond acceptors (Lipinski definition) is 7. The summed E-state index contributed by atoms with van der Waals surface area (Å²) in [5, 5.41) is 0.749. The van der Waals surface area contributed by atoms with E-state index >= 15 is 0 Å². The fourth-order valence-corrected chi connectivity index (χ4v) is 3.46. The third-order valence-corrected chi connectivity index (χ3v) is 4.74. The van der Waals surface area contributed by atoms with Crippen molar-refractivity contribution in [1.29, 1.82) is 0 Å². The van der Waals surface area contributed by atoms with Gasteiger partial charge in [-0.05, 0) is 24.3 Å². The number of benzene rings is 2. The molecule has 0 spiro atoms. The Balaban J connectivity index is 1.52. The van der Waals surface area contributed by atoms with Crippen molar-refractivity contribution in [1.82, 2.24) is 4.98 Å². The van der Waals surface area contributed by atoms with E-state index in [0.29, 0.717) is 36.0 Å². The number of nitrogens with zero attached hydrogens (tertiary/aromatic N) is 1. The predicted molar refractivity (Wildman–Crippen MR) is 92.7 cm³/mol. The van der Waals surface area contributed by atoms with E-state index in [4.69, 9.17) is 18.9 Å². The first-order valence-corrected chi connectivity index (χ1v) is 8.55. The molecule has 0 atom stereocenters. The summed E-state index contributed by atoms with van der Waals surface area (Å²) in [7, 11) is 1.52. The summed E-state index contributed by atoms with van der Waals surface area (Å²) in [5.74, 6) is 0.979. The molecule has 0 radical (unpaired) electrons. The summed E-state index contributed by atoms with van der Waals surface area (Å²) in [6, 6.07) is 11.0. The first-order chi connectivity index (χ1) is 12.2. The smallest absolute Gasteiger partial charge is 0.338 e. The molecular formula is C18H15NO5S. The number of aromatic nitrogens is 1. The number of methoxy groups -OCH3 is 1. The van der Waals surface area contributed by atoms with Crippen molar-refractivity contribution in [3.05, 3.63) is 47.0 Å². The Labute approximate surface area is 147 Å². The van der Waals surface area contributed by atoms with Crippen molar-refractivity contribution in [2.24, 2.45) is 0 Å². The van der Waals surface area contributed by atoms with Gasteiger partial charge in [-0.2, -0.15) is 0 Å². The average molecular weight is 357 g/mol. The lowest BCUT2D eigenvalue weighted by molar-refractivity contribution is 0.0471. The molecule has 2 heterocycles. The van der Waals surface area contributed by atoms with Gasteiger partial charge in [0.1, 0.15) is 24.8 Å². The monoisotopic (exact) mass is 357 g/mol. The summed E-state index contributed by atoms with van der Waals surface area (Å²) in [5.41, 5.74) is 1.25. The van der Waals surface area contributed by atoms with Crippen molar-refractivity contribution in [3.63, 3.8) is 0 Å². The summed E-state index contributed by atoms with van der Waals surface area (Å²) in [4.78, 5) is 16.8. The number of carbonyl (C=O) groups excluding carboxylic acids is 1. The summed E-state index contributed by atoms with van der Waals surface area (Å²) in [6.07, 6.45) is 0. The first kappa shape index (κ1) is 15.7. The molecule has 0 unspecified atom stereocenters. The van der Waals surface area contributed by atoms with Crippen LogP contribution in [0, 0.1) is 0 Å². The highest BCUT2D eigenvalue weighted by Gasteiger charge is 2.21. The lowest BCUT2D eigenvalue weighted by Crippen LogP contribution is -2.17. The highest BCUT2D eigenvalue weighted by molar-refractivity contribution is 7.18. The van der Waals surface area contributed by atoms with Crippen molar-refractivity contribution in [2.45, 2.75) is 6.61 Å². The van der Waals surface area contributed by atoms with Gasteiger partial charge in [0.25, 0.3) is 0 Å². The molecule has 1 aliphatic rings. The molecule has 128 valence electrons. The van der Waals surface area contributed by atoms with E-state index in [-0.39, 0.29) is 6.61 Å². The molecule has 0 N–H and O–H groups in total. The SMILES string of the molecule is COc1cc(C(=O)OCc2nc3ccccc3s2)cc2c1OCCO2. The maximum absolute atomic E-state index is 12.4. The van der Waals surface area contributed by atoms with Crippen molar-refractivity contribution in [3.8, 4) is 17.2 Å². The second-order valence-electron chi connectivity index (χ2n) is 5.35. The zero-order valence-electron chi connectivity index (χ0n) is 13.5. The van der Waals surface area contributed by atoms with Gasteiger partial charge in [0.2, 0.25) is 5.75 Å². The molecule has 2 aromatic carbocycles. The number of para-hydroxylation sites is 1. The van der Waals surface area contributed by atoms with Gasteiger partial charge in [0.15, 0.2) is 11.5 Å². The Kier molecular flexibility index (Phi) is 4.15. The van der Waals surface area contributed by atoms with Crippen LogP contribution < -0.4 is 14.2 Å². The summed E-state index contributed by atoms with van der Waals surface area (Å²) >= 11 is 1.51.